The van der Waals surface area contributed by atoms with Gasteiger partial charge in [0.15, 0.2) is 5.69 Å². The predicted octanol–water partition coefficient (Wildman–Crippen LogP) is 3.83. The zero-order valence-corrected chi connectivity index (χ0v) is 16.8. The first-order valence-electron chi connectivity index (χ1n) is 9.13. The van der Waals surface area contributed by atoms with Crippen LogP contribution in [0, 0.1) is 0 Å². The van der Waals surface area contributed by atoms with Crippen LogP contribution in [0.15, 0.2) is 30.7 Å². The minimum Gasteiger partial charge on any atom is -0.344 e. The third-order valence-corrected chi connectivity index (χ3v) is 5.18. The van der Waals surface area contributed by atoms with Gasteiger partial charge in [-0.3, -0.25) is 5.10 Å². The summed E-state index contributed by atoms with van der Waals surface area (Å²) in [6, 6.07) is 5.32. The van der Waals surface area contributed by atoms with E-state index in [0.29, 0.717) is 34.7 Å². The monoisotopic (exact) mass is 422 g/mol. The molecule has 1 aliphatic heterocycles. The van der Waals surface area contributed by atoms with Crippen molar-refractivity contribution < 1.29 is 9.47 Å². The molecular formula is C18H20Cl2N6O2. The molecule has 1 saturated heterocycles. The van der Waals surface area contributed by atoms with E-state index in [4.69, 9.17) is 32.7 Å². The number of ether oxygens (including phenoxy) is 2. The molecule has 1 N–H and O–H groups in total. The maximum atomic E-state index is 6.52. The van der Waals surface area contributed by atoms with Crippen LogP contribution in [0.1, 0.15) is 31.7 Å². The molecule has 1 aliphatic rings. The standard InChI is InChI=1S/C18H20Cl2N6O2/c1-2-3-13-6-7-27-18(28-13,14-5-4-12(19)8-15(14)20)10-26-11-21-17(24-26)16-9-22-25-23-16/h4-5,8-9,11,13H,2-3,6-7,10H2,1H3,(H,22,23,25). The van der Waals surface area contributed by atoms with Crippen LogP contribution in [0.25, 0.3) is 11.5 Å². The van der Waals surface area contributed by atoms with Crippen LogP contribution >= 0.6 is 23.2 Å². The van der Waals surface area contributed by atoms with Crippen LogP contribution in [0.2, 0.25) is 10.0 Å². The molecule has 28 heavy (non-hydrogen) atoms. The third-order valence-electron chi connectivity index (χ3n) is 4.64. The number of hydrogen-bond donors (Lipinski definition) is 1. The molecule has 4 rings (SSSR count). The molecule has 0 saturated carbocycles. The number of benzene rings is 1. The van der Waals surface area contributed by atoms with E-state index < -0.39 is 5.79 Å². The van der Waals surface area contributed by atoms with E-state index in [1.807, 2.05) is 6.07 Å². The number of hydrogen-bond acceptors (Lipinski definition) is 6. The number of H-pyrrole nitrogens is 1. The second-order valence-corrected chi connectivity index (χ2v) is 7.51. The van der Waals surface area contributed by atoms with Gasteiger partial charge in [0.2, 0.25) is 11.6 Å². The van der Waals surface area contributed by atoms with Crippen molar-refractivity contribution in [1.82, 2.24) is 30.2 Å². The van der Waals surface area contributed by atoms with Crippen molar-refractivity contribution in [3.05, 3.63) is 46.3 Å². The molecule has 0 amide bonds. The van der Waals surface area contributed by atoms with Gasteiger partial charge in [-0.1, -0.05) is 47.8 Å². The lowest BCUT2D eigenvalue weighted by Crippen LogP contribution is -2.45. The molecule has 3 aromatic rings. The zero-order chi connectivity index (χ0) is 19.6. The van der Waals surface area contributed by atoms with Crippen LogP contribution in [0.5, 0.6) is 0 Å². The molecule has 0 radical (unpaired) electrons. The number of aromatic amines is 1. The first-order valence-corrected chi connectivity index (χ1v) is 9.89. The summed E-state index contributed by atoms with van der Waals surface area (Å²) >= 11 is 12.6. The van der Waals surface area contributed by atoms with E-state index in [0.717, 1.165) is 24.8 Å². The normalized spacial score (nSPS) is 22.5. The van der Waals surface area contributed by atoms with Crippen molar-refractivity contribution in [2.45, 2.75) is 44.6 Å². The summed E-state index contributed by atoms with van der Waals surface area (Å²) in [5, 5.41) is 15.8. The van der Waals surface area contributed by atoms with Crippen LogP contribution < -0.4 is 0 Å². The minimum atomic E-state index is -1.07. The second kappa shape index (κ2) is 8.16. The number of halogens is 2. The molecule has 2 aromatic heterocycles. The van der Waals surface area contributed by atoms with Gasteiger partial charge in [-0.2, -0.15) is 0 Å². The van der Waals surface area contributed by atoms with E-state index in [-0.39, 0.29) is 6.10 Å². The Kier molecular flexibility index (Phi) is 5.63. The van der Waals surface area contributed by atoms with Gasteiger partial charge >= 0.3 is 0 Å². The van der Waals surface area contributed by atoms with Gasteiger partial charge in [0, 0.05) is 10.6 Å². The average Bonchev–Trinajstić information content (AvgIpc) is 3.33. The number of aromatic nitrogens is 6. The van der Waals surface area contributed by atoms with E-state index in [2.05, 4.69) is 32.4 Å². The van der Waals surface area contributed by atoms with E-state index in [9.17, 15) is 0 Å². The number of rotatable bonds is 6. The highest BCUT2D eigenvalue weighted by molar-refractivity contribution is 6.35. The molecule has 1 aromatic carbocycles. The molecule has 1 fully saturated rings. The van der Waals surface area contributed by atoms with E-state index in [1.54, 1.807) is 29.3 Å². The van der Waals surface area contributed by atoms with Crippen LogP contribution in [-0.4, -0.2) is 42.9 Å². The Morgan fingerprint density at radius 1 is 1.36 bits per heavy atom. The number of nitrogens with one attached hydrogen (secondary N) is 1. The highest BCUT2D eigenvalue weighted by Crippen LogP contribution is 2.40. The fourth-order valence-electron chi connectivity index (χ4n) is 3.36. The Hall–Kier alpha value is -2.00. The first kappa shape index (κ1) is 19.3. The first-order chi connectivity index (χ1) is 13.6. The van der Waals surface area contributed by atoms with Gasteiger partial charge in [0.1, 0.15) is 12.9 Å². The van der Waals surface area contributed by atoms with Gasteiger partial charge in [0.05, 0.1) is 23.9 Å². The van der Waals surface area contributed by atoms with Crippen LogP contribution in [0.4, 0.5) is 0 Å². The van der Waals surface area contributed by atoms with Crippen LogP contribution in [-0.2, 0) is 21.8 Å². The maximum absolute atomic E-state index is 6.52. The summed E-state index contributed by atoms with van der Waals surface area (Å²) < 4.78 is 14.3. The topological polar surface area (TPSA) is 90.7 Å². The summed E-state index contributed by atoms with van der Waals surface area (Å²) in [6.07, 6.45) is 6.13. The maximum Gasteiger partial charge on any atom is 0.217 e. The molecule has 10 heteroatoms. The lowest BCUT2D eigenvalue weighted by molar-refractivity contribution is -0.311. The Bertz CT molecular complexity index is 930. The van der Waals surface area contributed by atoms with Gasteiger partial charge in [-0.05, 0) is 25.0 Å². The zero-order valence-electron chi connectivity index (χ0n) is 15.3. The minimum absolute atomic E-state index is 0.0732. The van der Waals surface area contributed by atoms with Gasteiger partial charge in [0.25, 0.3) is 0 Å². The smallest absolute Gasteiger partial charge is 0.217 e. The van der Waals surface area contributed by atoms with Crippen LogP contribution in [0.3, 0.4) is 0 Å². The summed E-state index contributed by atoms with van der Waals surface area (Å²) in [5.41, 5.74) is 1.28. The van der Waals surface area contributed by atoms with Crippen molar-refractivity contribution >= 4 is 23.2 Å². The van der Waals surface area contributed by atoms with Crippen molar-refractivity contribution in [2.75, 3.05) is 6.61 Å². The van der Waals surface area contributed by atoms with Gasteiger partial charge in [-0.15, -0.1) is 10.2 Å². The Morgan fingerprint density at radius 2 is 2.25 bits per heavy atom. The summed E-state index contributed by atoms with van der Waals surface area (Å²) in [4.78, 5) is 4.30. The van der Waals surface area contributed by atoms with Crippen molar-refractivity contribution in [3.8, 4) is 11.5 Å². The third kappa shape index (κ3) is 3.91. The molecule has 0 bridgehead atoms. The van der Waals surface area contributed by atoms with Crippen molar-refractivity contribution in [1.29, 1.82) is 0 Å². The summed E-state index contributed by atoms with van der Waals surface area (Å²) in [6.45, 7) is 2.99. The van der Waals surface area contributed by atoms with E-state index >= 15 is 0 Å². The SMILES string of the molecule is CCCC1CCOC(Cn2cnc(-c3c[nH]nn3)n2)(c2ccc(Cl)cc2Cl)O1. The second-order valence-electron chi connectivity index (χ2n) is 6.67. The molecular weight excluding hydrogens is 403 g/mol. The highest BCUT2D eigenvalue weighted by atomic mass is 35.5. The average molecular weight is 423 g/mol. The molecule has 0 aliphatic carbocycles. The fourth-order valence-corrected chi connectivity index (χ4v) is 3.92. The predicted molar refractivity (Wildman–Crippen MR) is 104 cm³/mol. The van der Waals surface area contributed by atoms with Crippen molar-refractivity contribution in [2.24, 2.45) is 0 Å². The summed E-state index contributed by atoms with van der Waals surface area (Å²) in [7, 11) is 0. The quantitative estimate of drug-likeness (QED) is 0.648. The highest BCUT2D eigenvalue weighted by Gasteiger charge is 2.42. The molecule has 2 atom stereocenters. The molecule has 3 heterocycles. The molecule has 148 valence electrons. The van der Waals surface area contributed by atoms with Gasteiger partial charge < -0.3 is 9.47 Å². The lowest BCUT2D eigenvalue weighted by atomic mass is 10.0. The summed E-state index contributed by atoms with van der Waals surface area (Å²) in [5.74, 6) is -0.610. The Morgan fingerprint density at radius 3 is 3.00 bits per heavy atom. The molecule has 8 nitrogen and oxygen atoms in total. The van der Waals surface area contributed by atoms with E-state index in [1.165, 1.54) is 0 Å². The van der Waals surface area contributed by atoms with Gasteiger partial charge in [-0.25, -0.2) is 9.67 Å². The lowest BCUT2D eigenvalue weighted by Gasteiger charge is -2.41. The molecule has 2 unspecified atom stereocenters. The molecule has 0 spiro atoms. The van der Waals surface area contributed by atoms with Crippen molar-refractivity contribution in [3.63, 3.8) is 0 Å². The Balaban J connectivity index is 1.69. The fraction of sp³-hybridized carbons (Fsp3) is 0.444. The largest absolute Gasteiger partial charge is 0.344 e. The number of nitrogens with zero attached hydrogens (tertiary/aromatic N) is 5. The Labute approximate surface area is 172 Å².